The van der Waals surface area contributed by atoms with Crippen molar-refractivity contribution in [2.45, 2.75) is 50.7 Å². The summed E-state index contributed by atoms with van der Waals surface area (Å²) in [4.78, 5) is 9.32. The van der Waals surface area contributed by atoms with E-state index in [4.69, 9.17) is 4.74 Å². The number of guanidine groups is 1. The fourth-order valence-electron chi connectivity index (χ4n) is 3.41. The molecule has 0 radical (unpaired) electrons. The van der Waals surface area contributed by atoms with Crippen LogP contribution in [0.1, 0.15) is 30.6 Å². The van der Waals surface area contributed by atoms with Gasteiger partial charge in [0.15, 0.2) is 5.96 Å². The number of rotatable bonds is 9. The van der Waals surface area contributed by atoms with Crippen LogP contribution in [0.15, 0.2) is 34.2 Å². The second kappa shape index (κ2) is 12.5. The summed E-state index contributed by atoms with van der Waals surface area (Å²) in [5.41, 5.74) is 0.810. The third-order valence-electron chi connectivity index (χ3n) is 4.88. The molecule has 2 heterocycles. The summed E-state index contributed by atoms with van der Waals surface area (Å²) < 4.78 is 34.2. The van der Waals surface area contributed by atoms with Crippen LogP contribution in [-0.2, 0) is 34.3 Å². The van der Waals surface area contributed by atoms with E-state index in [1.165, 1.54) is 7.11 Å². The highest BCUT2D eigenvalue weighted by Gasteiger charge is 2.21. The van der Waals surface area contributed by atoms with Gasteiger partial charge in [0.1, 0.15) is 11.6 Å². The van der Waals surface area contributed by atoms with Crippen molar-refractivity contribution in [1.29, 1.82) is 0 Å². The Kier molecular flexibility index (Phi) is 10.3. The molecule has 0 saturated carbocycles. The second-order valence-electron chi connectivity index (χ2n) is 7.37. The molecular formula is C20H32IN7O3S. The van der Waals surface area contributed by atoms with Crippen LogP contribution >= 0.6 is 24.0 Å². The molecule has 1 aliphatic rings. The normalized spacial score (nSPS) is 16.2. The Balaban J connectivity index is 0.00000363. The molecule has 0 fully saturated rings. The minimum Gasteiger partial charge on any atom is -0.383 e. The maximum absolute atomic E-state index is 12.4. The van der Waals surface area contributed by atoms with Gasteiger partial charge in [-0.3, -0.25) is 0 Å². The van der Waals surface area contributed by atoms with Gasteiger partial charge >= 0.3 is 0 Å². The molecule has 10 nitrogen and oxygen atoms in total. The molecule has 0 saturated heterocycles. The number of fused-ring (bicyclic) bond motifs is 1. The van der Waals surface area contributed by atoms with E-state index in [2.05, 4.69) is 30.4 Å². The van der Waals surface area contributed by atoms with E-state index < -0.39 is 10.0 Å². The van der Waals surface area contributed by atoms with Gasteiger partial charge in [-0.15, -0.1) is 24.0 Å². The monoisotopic (exact) mass is 577 g/mol. The lowest BCUT2D eigenvalue weighted by atomic mass is 10.1. The molecule has 0 bridgehead atoms. The van der Waals surface area contributed by atoms with E-state index >= 15 is 0 Å². The van der Waals surface area contributed by atoms with Gasteiger partial charge in [0.2, 0.25) is 10.0 Å². The molecule has 1 atom stereocenters. The van der Waals surface area contributed by atoms with Crippen molar-refractivity contribution in [3.63, 3.8) is 0 Å². The summed E-state index contributed by atoms with van der Waals surface area (Å²) in [6.45, 7) is 6.28. The molecule has 12 heteroatoms. The van der Waals surface area contributed by atoms with Crippen LogP contribution < -0.4 is 15.4 Å². The first-order valence-electron chi connectivity index (χ1n) is 10.4. The predicted octanol–water partition coefficient (Wildman–Crippen LogP) is 1.20. The van der Waals surface area contributed by atoms with E-state index in [1.807, 2.05) is 24.6 Å². The summed E-state index contributed by atoms with van der Waals surface area (Å²) >= 11 is 0. The van der Waals surface area contributed by atoms with Crippen molar-refractivity contribution in [3.05, 3.63) is 41.5 Å². The summed E-state index contributed by atoms with van der Waals surface area (Å²) in [6.07, 6.45) is 1.82. The Morgan fingerprint density at radius 1 is 1.38 bits per heavy atom. The van der Waals surface area contributed by atoms with E-state index in [-0.39, 0.29) is 41.5 Å². The van der Waals surface area contributed by atoms with Crippen molar-refractivity contribution in [3.8, 4) is 0 Å². The van der Waals surface area contributed by atoms with Crippen LogP contribution in [-0.4, -0.2) is 62.0 Å². The van der Waals surface area contributed by atoms with Gasteiger partial charge in [-0.25, -0.2) is 27.8 Å². The number of hydrogen-bond donors (Lipinski definition) is 3. The number of aliphatic imine (C=N–C) groups is 1. The first-order chi connectivity index (χ1) is 14.9. The number of nitrogens with zero attached hydrogens (tertiary/aromatic N) is 4. The van der Waals surface area contributed by atoms with Gasteiger partial charge in [0.25, 0.3) is 0 Å². The van der Waals surface area contributed by atoms with Crippen LogP contribution in [0.5, 0.6) is 0 Å². The Morgan fingerprint density at radius 3 is 2.94 bits per heavy atom. The number of halogens is 1. The average molecular weight is 577 g/mol. The van der Waals surface area contributed by atoms with Gasteiger partial charge in [0, 0.05) is 32.7 Å². The molecule has 0 amide bonds. The summed E-state index contributed by atoms with van der Waals surface area (Å²) in [5.74, 6) is 2.51. The quantitative estimate of drug-likeness (QED) is 0.177. The number of aromatic nitrogens is 3. The summed E-state index contributed by atoms with van der Waals surface area (Å²) in [5, 5.41) is 11.2. The number of hydrogen-bond acceptors (Lipinski definition) is 6. The van der Waals surface area contributed by atoms with Crippen molar-refractivity contribution in [1.82, 2.24) is 30.1 Å². The minimum atomic E-state index is -3.58. The van der Waals surface area contributed by atoms with E-state index in [0.29, 0.717) is 19.1 Å². The first kappa shape index (κ1) is 26.5. The van der Waals surface area contributed by atoms with E-state index in [0.717, 1.165) is 43.1 Å². The molecule has 1 aromatic carbocycles. The van der Waals surface area contributed by atoms with Gasteiger partial charge in [0.05, 0.1) is 24.6 Å². The van der Waals surface area contributed by atoms with Crippen LogP contribution in [0, 0.1) is 6.92 Å². The highest BCUT2D eigenvalue weighted by molar-refractivity contribution is 14.0. The highest BCUT2D eigenvalue weighted by Crippen LogP contribution is 2.14. The topological polar surface area (TPSA) is 123 Å². The van der Waals surface area contributed by atoms with Crippen molar-refractivity contribution >= 4 is 40.0 Å². The molecule has 3 N–H and O–H groups in total. The van der Waals surface area contributed by atoms with E-state index in [9.17, 15) is 8.42 Å². The van der Waals surface area contributed by atoms with Crippen LogP contribution in [0.25, 0.3) is 0 Å². The van der Waals surface area contributed by atoms with Gasteiger partial charge < -0.3 is 15.4 Å². The van der Waals surface area contributed by atoms with Crippen molar-refractivity contribution in [2.75, 3.05) is 26.8 Å². The number of aryl methyl sites for hydroxylation is 2. The lowest BCUT2D eigenvalue weighted by Crippen LogP contribution is -2.47. The number of methoxy groups -OCH3 is 1. The molecule has 3 rings (SSSR count). The zero-order valence-corrected chi connectivity index (χ0v) is 21.8. The average Bonchev–Trinajstić information content (AvgIpc) is 3.12. The molecular weight excluding hydrogens is 545 g/mol. The predicted molar refractivity (Wildman–Crippen MR) is 134 cm³/mol. The Bertz CT molecular complexity index is 1010. The van der Waals surface area contributed by atoms with Crippen LogP contribution in [0.4, 0.5) is 0 Å². The number of sulfonamides is 1. The van der Waals surface area contributed by atoms with Gasteiger partial charge in [-0.1, -0.05) is 12.1 Å². The number of ether oxygens (including phenoxy) is 1. The molecule has 0 spiro atoms. The standard InChI is InChI=1S/C20H31N7O3S.HI/c1-4-21-20(25-17-8-9-19-24-15(2)26-27(19)14-17)22-13-16-6-5-7-18(12-16)31(28,29)23-10-11-30-3;/h5-7,12,17,23H,4,8-11,13-14H2,1-3H3,(H2,21,22,25);1H. The van der Waals surface area contributed by atoms with Crippen molar-refractivity contribution in [2.24, 2.45) is 4.99 Å². The maximum Gasteiger partial charge on any atom is 0.240 e. The van der Waals surface area contributed by atoms with Gasteiger partial charge in [-0.05, 0) is 38.0 Å². The molecule has 0 aliphatic carbocycles. The van der Waals surface area contributed by atoms with Gasteiger partial charge in [-0.2, -0.15) is 5.10 Å². The first-order valence-corrected chi connectivity index (χ1v) is 11.9. The molecule has 178 valence electrons. The largest absolute Gasteiger partial charge is 0.383 e. The van der Waals surface area contributed by atoms with Crippen LogP contribution in [0.3, 0.4) is 0 Å². The Morgan fingerprint density at radius 2 is 2.19 bits per heavy atom. The molecule has 32 heavy (non-hydrogen) atoms. The van der Waals surface area contributed by atoms with Crippen LogP contribution in [0.2, 0.25) is 0 Å². The third-order valence-corrected chi connectivity index (χ3v) is 6.33. The zero-order valence-electron chi connectivity index (χ0n) is 18.7. The Hall–Kier alpha value is -1.77. The molecule has 1 unspecified atom stereocenters. The summed E-state index contributed by atoms with van der Waals surface area (Å²) in [6, 6.07) is 7.01. The second-order valence-corrected chi connectivity index (χ2v) is 9.14. The Labute approximate surface area is 206 Å². The molecule has 1 aromatic heterocycles. The number of nitrogens with one attached hydrogen (secondary N) is 3. The third kappa shape index (κ3) is 7.39. The SMILES string of the molecule is CCNC(=NCc1cccc(S(=O)(=O)NCCOC)c1)NC1CCc2nc(C)nn2C1.I. The minimum absolute atomic E-state index is 0. The zero-order chi connectivity index (χ0) is 22.3. The lowest BCUT2D eigenvalue weighted by Gasteiger charge is -2.25. The van der Waals surface area contributed by atoms with Crippen molar-refractivity contribution < 1.29 is 13.2 Å². The van der Waals surface area contributed by atoms with E-state index in [1.54, 1.807) is 18.2 Å². The highest BCUT2D eigenvalue weighted by atomic mass is 127. The smallest absolute Gasteiger partial charge is 0.240 e. The lowest BCUT2D eigenvalue weighted by molar-refractivity contribution is 0.204. The molecule has 2 aromatic rings. The number of benzene rings is 1. The maximum atomic E-state index is 12.4. The fourth-order valence-corrected chi connectivity index (χ4v) is 4.49. The fraction of sp³-hybridized carbons (Fsp3) is 0.550. The molecule has 1 aliphatic heterocycles. The summed E-state index contributed by atoms with van der Waals surface area (Å²) in [7, 11) is -2.05.